The minimum atomic E-state index is -0.624. The maximum atomic E-state index is 11.8. The molecule has 0 amide bonds. The Morgan fingerprint density at radius 1 is 1.55 bits per heavy atom. The lowest BCUT2D eigenvalue weighted by atomic mass is 9.97. The predicted octanol–water partition coefficient (Wildman–Crippen LogP) is 1.91. The Kier molecular flexibility index (Phi) is 3.58. The molecule has 8 heteroatoms. The van der Waals surface area contributed by atoms with Gasteiger partial charge in [0.1, 0.15) is 16.7 Å². The molecule has 0 saturated carbocycles. The molecule has 2 heterocycles. The van der Waals surface area contributed by atoms with Crippen molar-refractivity contribution in [2.75, 3.05) is 7.05 Å². The maximum Gasteiger partial charge on any atom is 0.433 e. The van der Waals surface area contributed by atoms with Crippen molar-refractivity contribution in [3.8, 4) is 0 Å². The van der Waals surface area contributed by atoms with Gasteiger partial charge in [-0.15, -0.1) is 0 Å². The summed E-state index contributed by atoms with van der Waals surface area (Å²) in [6.45, 7) is 3.21. The van der Waals surface area contributed by atoms with Crippen LogP contribution in [0.4, 0.5) is 5.88 Å². The van der Waals surface area contributed by atoms with Gasteiger partial charge in [-0.1, -0.05) is 0 Å². The van der Waals surface area contributed by atoms with Gasteiger partial charge in [0.05, 0.1) is 6.07 Å². The van der Waals surface area contributed by atoms with Crippen LogP contribution in [-0.2, 0) is 4.79 Å². The molecule has 2 rings (SSSR count). The number of carbonyl (C=O) groups excluding carboxylic acids is 1. The second kappa shape index (κ2) is 5.04. The number of hydrogen-bond acceptors (Lipinski definition) is 5. The van der Waals surface area contributed by atoms with E-state index in [1.807, 2.05) is 0 Å². The normalized spacial score (nSPS) is 19.1. The van der Waals surface area contributed by atoms with Crippen LogP contribution in [0.15, 0.2) is 27.8 Å². The minimum Gasteiger partial charge on any atom is -0.403 e. The van der Waals surface area contributed by atoms with Gasteiger partial charge < -0.3 is 14.6 Å². The Balaban J connectivity index is 2.50. The first-order valence-corrected chi connectivity index (χ1v) is 6.23. The summed E-state index contributed by atoms with van der Waals surface area (Å²) >= 11 is 5.17. The lowest BCUT2D eigenvalue weighted by Crippen LogP contribution is -2.45. The van der Waals surface area contributed by atoms with E-state index in [2.05, 4.69) is 5.32 Å². The molecule has 0 bridgehead atoms. The van der Waals surface area contributed by atoms with Gasteiger partial charge in [-0.05, 0) is 32.1 Å². The summed E-state index contributed by atoms with van der Waals surface area (Å²) in [7, 11) is 1.74. The fourth-order valence-corrected chi connectivity index (χ4v) is 2.36. The van der Waals surface area contributed by atoms with E-state index in [9.17, 15) is 14.9 Å². The van der Waals surface area contributed by atoms with Crippen LogP contribution in [-0.4, -0.2) is 27.8 Å². The average molecular weight is 295 g/mol. The van der Waals surface area contributed by atoms with Gasteiger partial charge in [0.25, 0.3) is 0 Å². The molecular formula is C12H13N3O4S. The van der Waals surface area contributed by atoms with Gasteiger partial charge in [-0.2, -0.15) is 0 Å². The Bertz CT molecular complexity index is 634. The zero-order valence-electron chi connectivity index (χ0n) is 11.2. The Hall–Kier alpha value is -2.22. The number of allylic oxidation sites excluding steroid dienone is 1. The van der Waals surface area contributed by atoms with Crippen LogP contribution >= 0.6 is 12.2 Å². The molecule has 0 aliphatic carbocycles. The summed E-state index contributed by atoms with van der Waals surface area (Å²) in [5, 5.41) is 14.1. The fraction of sp³-hybridized carbons (Fsp3) is 0.333. The number of rotatable bonds is 3. The van der Waals surface area contributed by atoms with Crippen molar-refractivity contribution in [1.29, 1.82) is 0 Å². The van der Waals surface area contributed by atoms with Crippen LogP contribution in [0.1, 0.15) is 25.6 Å². The molecule has 20 heavy (non-hydrogen) atoms. The van der Waals surface area contributed by atoms with Gasteiger partial charge in [-0.3, -0.25) is 14.9 Å². The first kappa shape index (κ1) is 14.2. The number of nitrogens with one attached hydrogen (secondary N) is 1. The van der Waals surface area contributed by atoms with Crippen LogP contribution in [0.2, 0.25) is 0 Å². The van der Waals surface area contributed by atoms with Gasteiger partial charge in [0.15, 0.2) is 10.9 Å². The third-order valence-electron chi connectivity index (χ3n) is 3.21. The van der Waals surface area contributed by atoms with Crippen molar-refractivity contribution in [2.24, 2.45) is 0 Å². The monoisotopic (exact) mass is 295 g/mol. The van der Waals surface area contributed by atoms with Gasteiger partial charge in [-0.25, -0.2) is 0 Å². The Morgan fingerprint density at radius 2 is 2.20 bits per heavy atom. The van der Waals surface area contributed by atoms with Crippen LogP contribution in [0.25, 0.3) is 0 Å². The molecule has 0 fully saturated rings. The molecule has 0 unspecified atom stereocenters. The molecule has 1 aromatic rings. The van der Waals surface area contributed by atoms with E-state index >= 15 is 0 Å². The summed E-state index contributed by atoms with van der Waals surface area (Å²) in [5.41, 5.74) is 1.18. The second-order valence-corrected chi connectivity index (χ2v) is 4.82. The highest BCUT2D eigenvalue weighted by Crippen LogP contribution is 2.32. The molecule has 1 N–H and O–H groups in total. The zero-order valence-corrected chi connectivity index (χ0v) is 12.0. The van der Waals surface area contributed by atoms with Crippen molar-refractivity contribution in [2.45, 2.75) is 19.9 Å². The number of furan rings is 1. The van der Waals surface area contributed by atoms with Crippen molar-refractivity contribution >= 4 is 29.0 Å². The number of nitro groups is 1. The Labute approximate surface area is 120 Å². The highest BCUT2D eigenvalue weighted by atomic mass is 32.1. The molecule has 0 spiro atoms. The quantitative estimate of drug-likeness (QED) is 0.517. The molecule has 0 saturated heterocycles. The van der Waals surface area contributed by atoms with E-state index in [0.717, 1.165) is 0 Å². The number of Topliss-reactive ketones (excluding diaryl/α,β-unsaturated/α-hetero) is 1. The maximum absolute atomic E-state index is 11.8. The van der Waals surface area contributed by atoms with Crippen molar-refractivity contribution in [3.63, 3.8) is 0 Å². The number of ketones is 1. The number of nitrogens with zero attached hydrogens (tertiary/aromatic N) is 2. The van der Waals surface area contributed by atoms with Crippen LogP contribution in [0.5, 0.6) is 0 Å². The van der Waals surface area contributed by atoms with Gasteiger partial charge in [0.2, 0.25) is 0 Å². The van der Waals surface area contributed by atoms with E-state index in [-0.39, 0.29) is 17.4 Å². The molecule has 1 atom stereocenters. The van der Waals surface area contributed by atoms with Crippen LogP contribution in [0.3, 0.4) is 0 Å². The van der Waals surface area contributed by atoms with Gasteiger partial charge in [0, 0.05) is 18.3 Å². The van der Waals surface area contributed by atoms with Crippen molar-refractivity contribution in [1.82, 2.24) is 10.2 Å². The van der Waals surface area contributed by atoms with E-state index < -0.39 is 11.0 Å². The number of thiocarbonyl (C=S) groups is 1. The summed E-state index contributed by atoms with van der Waals surface area (Å²) < 4.78 is 5.17. The number of carbonyl (C=O) groups is 1. The number of hydrogen-bond donors (Lipinski definition) is 1. The predicted molar refractivity (Wildman–Crippen MR) is 75.0 cm³/mol. The second-order valence-electron chi connectivity index (χ2n) is 4.43. The highest BCUT2D eigenvalue weighted by molar-refractivity contribution is 7.80. The lowest BCUT2D eigenvalue weighted by molar-refractivity contribution is -0.402. The zero-order chi connectivity index (χ0) is 15.0. The first-order chi connectivity index (χ1) is 9.32. The van der Waals surface area contributed by atoms with E-state index in [4.69, 9.17) is 16.6 Å². The standard InChI is InChI=1S/C12H13N3O4S/c1-6-10(7(2)16)11(13-12(20)14(6)3)8-4-5-9(19-8)15(17)18/h4-5,11H,1-3H3,(H,13,20)/t11-/m1/s1. The topological polar surface area (TPSA) is 88.6 Å². The van der Waals surface area contributed by atoms with Crippen molar-refractivity contribution < 1.29 is 14.1 Å². The van der Waals surface area contributed by atoms with E-state index in [1.54, 1.807) is 18.9 Å². The summed E-state index contributed by atoms with van der Waals surface area (Å²) in [6, 6.07) is 2.12. The van der Waals surface area contributed by atoms with Crippen molar-refractivity contribution in [3.05, 3.63) is 39.3 Å². The van der Waals surface area contributed by atoms with E-state index in [0.29, 0.717) is 16.4 Å². The Morgan fingerprint density at radius 3 is 2.70 bits per heavy atom. The average Bonchev–Trinajstić information content (AvgIpc) is 2.84. The molecule has 1 aromatic heterocycles. The molecule has 0 radical (unpaired) electrons. The van der Waals surface area contributed by atoms with Crippen LogP contribution in [0, 0.1) is 10.1 Å². The third kappa shape index (κ3) is 2.29. The van der Waals surface area contributed by atoms with Crippen LogP contribution < -0.4 is 5.32 Å². The molecular weight excluding hydrogens is 282 g/mol. The fourth-order valence-electron chi connectivity index (χ4n) is 2.10. The lowest BCUT2D eigenvalue weighted by Gasteiger charge is -2.34. The summed E-state index contributed by atoms with van der Waals surface area (Å²) in [5.74, 6) is -0.225. The minimum absolute atomic E-state index is 0.145. The van der Waals surface area contributed by atoms with Gasteiger partial charge >= 0.3 is 5.88 Å². The summed E-state index contributed by atoms with van der Waals surface area (Å²) in [6.07, 6.45) is 0. The third-order valence-corrected chi connectivity index (χ3v) is 3.60. The SMILES string of the molecule is CC(=O)C1=C(C)N(C)C(=S)N[C@@H]1c1ccc([N+](=O)[O-])o1. The van der Waals surface area contributed by atoms with E-state index in [1.165, 1.54) is 19.1 Å². The molecule has 0 aromatic carbocycles. The highest BCUT2D eigenvalue weighted by Gasteiger charge is 2.33. The first-order valence-electron chi connectivity index (χ1n) is 5.83. The molecule has 1 aliphatic rings. The summed E-state index contributed by atoms with van der Waals surface area (Å²) in [4.78, 5) is 23.6. The molecule has 1 aliphatic heterocycles. The largest absolute Gasteiger partial charge is 0.433 e. The smallest absolute Gasteiger partial charge is 0.403 e. The molecule has 106 valence electrons. The molecule has 7 nitrogen and oxygen atoms in total.